The summed E-state index contributed by atoms with van der Waals surface area (Å²) in [6, 6.07) is 13.6. The number of carbonyl (C=O) groups excluding carboxylic acids is 2. The number of carboxylic acids is 1. The number of benzene rings is 2. The van der Waals surface area contributed by atoms with E-state index in [1.54, 1.807) is 36.4 Å². The van der Waals surface area contributed by atoms with Crippen molar-refractivity contribution in [3.63, 3.8) is 0 Å². The number of nitrogens with zero attached hydrogens (tertiary/aromatic N) is 1. The lowest BCUT2D eigenvalue weighted by atomic mass is 10.1. The van der Waals surface area contributed by atoms with Crippen LogP contribution in [-0.4, -0.2) is 34.8 Å². The number of hydrogen-bond acceptors (Lipinski definition) is 5. The van der Waals surface area contributed by atoms with E-state index in [4.69, 9.17) is 15.1 Å². The largest absolute Gasteiger partial charge is 0.489 e. The van der Waals surface area contributed by atoms with Gasteiger partial charge in [0.1, 0.15) is 12.4 Å². The first kappa shape index (κ1) is 21.9. The standard InChI is InChI=1S/C20H18BrN3O5/c21-10-18(25)24-17-6-5-15(9-16(17)20(28)23-8-7-19(26)27)29-12-14-3-1-13(11-22)2-4-14/h1-6,9H,7-8,10,12H2,(H,23,28)(H,24,25)(H,26,27). The van der Waals surface area contributed by atoms with Crippen molar-refractivity contribution < 1.29 is 24.2 Å². The molecule has 0 fully saturated rings. The molecule has 29 heavy (non-hydrogen) atoms. The first-order chi connectivity index (χ1) is 13.9. The SMILES string of the molecule is N#Cc1ccc(COc2ccc(NC(=O)CBr)c(C(=O)NCCC(=O)O)c2)cc1. The highest BCUT2D eigenvalue weighted by Crippen LogP contribution is 2.23. The van der Waals surface area contributed by atoms with Gasteiger partial charge in [0.2, 0.25) is 5.91 Å². The predicted octanol–water partition coefficient (Wildman–Crippen LogP) is 2.68. The van der Waals surface area contributed by atoms with Crippen LogP contribution in [0, 0.1) is 11.3 Å². The van der Waals surface area contributed by atoms with Gasteiger partial charge in [-0.05, 0) is 35.9 Å². The molecule has 0 aliphatic carbocycles. The predicted molar refractivity (Wildman–Crippen MR) is 109 cm³/mol. The van der Waals surface area contributed by atoms with E-state index in [-0.39, 0.29) is 42.1 Å². The van der Waals surface area contributed by atoms with Crippen molar-refractivity contribution in [2.45, 2.75) is 13.0 Å². The molecule has 0 radical (unpaired) electrons. The van der Waals surface area contributed by atoms with Crippen LogP contribution in [0.3, 0.4) is 0 Å². The zero-order valence-electron chi connectivity index (χ0n) is 15.3. The van der Waals surface area contributed by atoms with Gasteiger partial charge >= 0.3 is 5.97 Å². The molecule has 0 aromatic heterocycles. The van der Waals surface area contributed by atoms with Crippen molar-refractivity contribution >= 4 is 39.4 Å². The zero-order valence-corrected chi connectivity index (χ0v) is 16.9. The lowest BCUT2D eigenvalue weighted by Crippen LogP contribution is -2.27. The molecule has 2 aromatic carbocycles. The molecular weight excluding hydrogens is 442 g/mol. The highest BCUT2D eigenvalue weighted by atomic mass is 79.9. The fourth-order valence-corrected chi connectivity index (χ4v) is 2.45. The van der Waals surface area contributed by atoms with Crippen LogP contribution in [0.2, 0.25) is 0 Å². The lowest BCUT2D eigenvalue weighted by Gasteiger charge is -2.13. The van der Waals surface area contributed by atoms with Crippen molar-refractivity contribution in [1.82, 2.24) is 5.32 Å². The number of amides is 2. The number of carbonyl (C=O) groups is 3. The van der Waals surface area contributed by atoms with Crippen molar-refractivity contribution in [3.05, 3.63) is 59.2 Å². The fraction of sp³-hybridized carbons (Fsp3) is 0.200. The van der Waals surface area contributed by atoms with Gasteiger partial charge in [0, 0.05) is 6.54 Å². The zero-order chi connectivity index (χ0) is 21.2. The minimum atomic E-state index is -1.03. The molecule has 9 heteroatoms. The summed E-state index contributed by atoms with van der Waals surface area (Å²) in [5.41, 5.74) is 1.82. The summed E-state index contributed by atoms with van der Waals surface area (Å²) in [5, 5.41) is 22.7. The van der Waals surface area contributed by atoms with E-state index < -0.39 is 11.9 Å². The summed E-state index contributed by atoms with van der Waals surface area (Å²) in [5.74, 6) is -1.50. The Bertz CT molecular complexity index is 938. The van der Waals surface area contributed by atoms with E-state index >= 15 is 0 Å². The Morgan fingerprint density at radius 2 is 1.86 bits per heavy atom. The van der Waals surface area contributed by atoms with Crippen LogP contribution in [0.15, 0.2) is 42.5 Å². The number of ether oxygens (including phenoxy) is 1. The van der Waals surface area contributed by atoms with E-state index in [0.29, 0.717) is 11.3 Å². The van der Waals surface area contributed by atoms with Gasteiger partial charge < -0.3 is 20.5 Å². The highest BCUT2D eigenvalue weighted by molar-refractivity contribution is 9.09. The topological polar surface area (TPSA) is 129 Å². The van der Waals surface area contributed by atoms with E-state index in [1.807, 2.05) is 6.07 Å². The van der Waals surface area contributed by atoms with Gasteiger partial charge in [0.05, 0.1) is 34.6 Å². The Balaban J connectivity index is 2.15. The average Bonchev–Trinajstić information content (AvgIpc) is 2.72. The Kier molecular flexibility index (Phi) is 8.18. The molecule has 0 bridgehead atoms. The van der Waals surface area contributed by atoms with Gasteiger partial charge in [-0.2, -0.15) is 5.26 Å². The summed E-state index contributed by atoms with van der Waals surface area (Å²) in [4.78, 5) is 34.8. The van der Waals surface area contributed by atoms with Crippen LogP contribution in [0.4, 0.5) is 5.69 Å². The fourth-order valence-electron chi connectivity index (χ4n) is 2.31. The third-order valence-corrected chi connectivity index (χ3v) is 4.25. The molecule has 0 atom stereocenters. The molecule has 2 aromatic rings. The van der Waals surface area contributed by atoms with Gasteiger partial charge in [-0.1, -0.05) is 28.1 Å². The number of nitrogens with one attached hydrogen (secondary N) is 2. The molecule has 0 heterocycles. The number of rotatable bonds is 9. The Hall–Kier alpha value is -3.38. The number of anilines is 1. The van der Waals surface area contributed by atoms with Crippen molar-refractivity contribution in [3.8, 4) is 11.8 Å². The van der Waals surface area contributed by atoms with Crippen LogP contribution in [-0.2, 0) is 16.2 Å². The normalized spacial score (nSPS) is 9.93. The number of aliphatic carboxylic acids is 1. The molecule has 0 saturated heterocycles. The van der Waals surface area contributed by atoms with E-state index in [1.165, 1.54) is 6.07 Å². The van der Waals surface area contributed by atoms with Crippen LogP contribution in [0.25, 0.3) is 0 Å². The van der Waals surface area contributed by atoms with Crippen molar-refractivity contribution in [1.29, 1.82) is 5.26 Å². The second-order valence-electron chi connectivity index (χ2n) is 5.89. The Morgan fingerprint density at radius 1 is 1.14 bits per heavy atom. The molecule has 3 N–H and O–H groups in total. The number of halogens is 1. The number of hydrogen-bond donors (Lipinski definition) is 3. The van der Waals surface area contributed by atoms with Crippen LogP contribution >= 0.6 is 15.9 Å². The quantitative estimate of drug-likeness (QED) is 0.494. The van der Waals surface area contributed by atoms with Gasteiger partial charge in [0.25, 0.3) is 5.91 Å². The smallest absolute Gasteiger partial charge is 0.305 e. The molecule has 0 saturated carbocycles. The Morgan fingerprint density at radius 3 is 2.48 bits per heavy atom. The summed E-state index contributed by atoms with van der Waals surface area (Å²) >= 11 is 3.04. The Labute approximate surface area is 175 Å². The molecular formula is C20H18BrN3O5. The number of nitriles is 1. The van der Waals surface area contributed by atoms with Crippen molar-refractivity contribution in [2.24, 2.45) is 0 Å². The number of carboxylic acid groups (broad SMARTS) is 1. The summed E-state index contributed by atoms with van der Waals surface area (Å²) in [7, 11) is 0. The minimum absolute atomic E-state index is 0.0453. The molecule has 0 spiro atoms. The van der Waals surface area contributed by atoms with E-state index in [0.717, 1.165) is 5.56 Å². The molecule has 8 nitrogen and oxygen atoms in total. The molecule has 150 valence electrons. The summed E-state index contributed by atoms with van der Waals surface area (Å²) < 4.78 is 5.71. The van der Waals surface area contributed by atoms with E-state index in [9.17, 15) is 14.4 Å². The first-order valence-electron chi connectivity index (χ1n) is 8.54. The van der Waals surface area contributed by atoms with Crippen LogP contribution < -0.4 is 15.4 Å². The van der Waals surface area contributed by atoms with E-state index in [2.05, 4.69) is 26.6 Å². The second kappa shape index (κ2) is 10.8. The second-order valence-corrected chi connectivity index (χ2v) is 6.45. The minimum Gasteiger partial charge on any atom is -0.489 e. The molecule has 0 unspecified atom stereocenters. The summed E-state index contributed by atoms with van der Waals surface area (Å²) in [6.07, 6.45) is -0.219. The first-order valence-corrected chi connectivity index (χ1v) is 9.66. The average molecular weight is 460 g/mol. The van der Waals surface area contributed by atoms with Gasteiger partial charge in [-0.25, -0.2) is 0 Å². The molecule has 0 aliphatic heterocycles. The van der Waals surface area contributed by atoms with Gasteiger partial charge in [0.15, 0.2) is 0 Å². The highest BCUT2D eigenvalue weighted by Gasteiger charge is 2.15. The third-order valence-electron chi connectivity index (χ3n) is 3.74. The number of alkyl halides is 1. The van der Waals surface area contributed by atoms with Crippen LogP contribution in [0.5, 0.6) is 5.75 Å². The van der Waals surface area contributed by atoms with Crippen molar-refractivity contribution in [2.75, 3.05) is 17.2 Å². The molecule has 2 rings (SSSR count). The van der Waals surface area contributed by atoms with Crippen LogP contribution in [0.1, 0.15) is 27.9 Å². The lowest BCUT2D eigenvalue weighted by molar-refractivity contribution is -0.136. The maximum atomic E-state index is 12.5. The maximum absolute atomic E-state index is 12.5. The molecule has 2 amide bonds. The third kappa shape index (κ3) is 6.93. The monoisotopic (exact) mass is 459 g/mol. The van der Waals surface area contributed by atoms with Gasteiger partial charge in [-0.3, -0.25) is 14.4 Å². The maximum Gasteiger partial charge on any atom is 0.305 e. The summed E-state index contributed by atoms with van der Waals surface area (Å²) in [6.45, 7) is 0.176. The van der Waals surface area contributed by atoms with Gasteiger partial charge in [-0.15, -0.1) is 0 Å². The molecule has 0 aliphatic rings.